The molecule has 18 valence electrons. The third-order valence-electron chi connectivity index (χ3n) is 0.655. The zero-order valence-electron chi connectivity index (χ0n) is 3.02. The van der Waals surface area contributed by atoms with Crippen molar-refractivity contribution >= 4 is 35.4 Å². The zero-order chi connectivity index (χ0) is 3.54. The number of hydrogen-bond donors (Lipinski definition) is 0. The third kappa shape index (κ3) is 0.915. The van der Waals surface area contributed by atoms with Crippen LogP contribution < -0.4 is 0 Å². The molecule has 1 heterocycles. The Hall–Kier alpha value is 0.477. The molecule has 0 aromatic heterocycles. The first kappa shape index (κ1) is 3.66. The molecule has 0 spiro atoms. The van der Waals surface area contributed by atoms with E-state index in [0.717, 1.165) is 0 Å². The van der Waals surface area contributed by atoms with E-state index >= 15 is 0 Å². The van der Waals surface area contributed by atoms with Gasteiger partial charge in [-0.05, 0) is 0 Å². The summed E-state index contributed by atoms with van der Waals surface area (Å²) >= 11 is 0. The fourth-order valence-electron chi connectivity index (χ4n) is 0.393. The minimum atomic E-state index is 0.182. The maximum absolute atomic E-state index is 2.26. The summed E-state index contributed by atoms with van der Waals surface area (Å²) in [6.07, 6.45) is 4.53. The quantitative estimate of drug-likeness (QED) is 0.280. The summed E-state index contributed by atoms with van der Waals surface area (Å²) in [7, 11) is 0.182. The molecular formula is H2B4Si. The van der Waals surface area contributed by atoms with Crippen molar-refractivity contribution in [2.24, 2.45) is 0 Å². The third-order valence-corrected chi connectivity index (χ3v) is 1.74. The van der Waals surface area contributed by atoms with E-state index < -0.39 is 0 Å². The Balaban J connectivity index is 2.61. The second-order valence-corrected chi connectivity index (χ2v) is 2.51. The van der Waals surface area contributed by atoms with Gasteiger partial charge in [0.1, 0.15) is 0 Å². The van der Waals surface area contributed by atoms with E-state index in [4.69, 9.17) is 0 Å². The van der Waals surface area contributed by atoms with Crippen LogP contribution in [0.5, 0.6) is 0 Å². The Kier molecular flexibility index (Phi) is 1.32. The number of rotatable bonds is 0. The van der Waals surface area contributed by atoms with E-state index in [1.54, 1.807) is 0 Å². The van der Waals surface area contributed by atoms with Crippen LogP contribution in [-0.4, -0.2) is 35.4 Å². The van der Waals surface area contributed by atoms with Crippen molar-refractivity contribution in [1.82, 2.24) is 0 Å². The van der Waals surface area contributed by atoms with Crippen LogP contribution in [0.15, 0.2) is 0 Å². The average molecular weight is 73.3 g/mol. The predicted octanol–water partition coefficient (Wildman–Crippen LogP) is -2.44. The Morgan fingerprint density at radius 3 is 1.80 bits per heavy atom. The van der Waals surface area contributed by atoms with Gasteiger partial charge in [0.05, 0.1) is 0 Å². The van der Waals surface area contributed by atoms with Crippen LogP contribution in [-0.2, 0) is 0 Å². The molecule has 0 bridgehead atoms. The second-order valence-electron chi connectivity index (χ2n) is 1.09. The van der Waals surface area contributed by atoms with Crippen LogP contribution in [0, 0.1) is 0 Å². The first-order chi connectivity index (χ1) is 2.50. The number of hydrogen-bond acceptors (Lipinski definition) is 0. The summed E-state index contributed by atoms with van der Waals surface area (Å²) in [6.45, 7) is 4.23. The van der Waals surface area contributed by atoms with Crippen LogP contribution in [0.1, 0.15) is 0 Å². The fourth-order valence-corrected chi connectivity index (χ4v) is 1.18. The van der Waals surface area contributed by atoms with Gasteiger partial charge in [-0.15, -0.1) is 0 Å². The van der Waals surface area contributed by atoms with Crippen molar-refractivity contribution in [3.63, 3.8) is 0 Å². The first-order valence-corrected chi connectivity index (χ1v) is 3.45. The van der Waals surface area contributed by atoms with Crippen molar-refractivity contribution in [3.8, 4) is 0 Å². The predicted molar refractivity (Wildman–Crippen MR) is 31.6 cm³/mol. The van der Waals surface area contributed by atoms with Gasteiger partial charge in [0, 0.05) is 0 Å². The van der Waals surface area contributed by atoms with E-state index in [1.165, 1.54) is 0 Å². The summed E-state index contributed by atoms with van der Waals surface area (Å²) in [6, 6.07) is 0. The molecule has 0 aliphatic carbocycles. The van der Waals surface area contributed by atoms with Gasteiger partial charge < -0.3 is 0 Å². The van der Waals surface area contributed by atoms with E-state index in [1.807, 2.05) is 0 Å². The van der Waals surface area contributed by atoms with Crippen LogP contribution in [0.4, 0.5) is 0 Å². The van der Waals surface area contributed by atoms with E-state index in [-0.39, 0.29) is 9.26 Å². The van der Waals surface area contributed by atoms with Crippen LogP contribution in [0.25, 0.3) is 0 Å². The fraction of sp³-hybridized carbons (Fsp3) is 0. The molecule has 0 aromatic rings. The van der Waals surface area contributed by atoms with Gasteiger partial charge >= 0.3 is 35.4 Å². The van der Waals surface area contributed by atoms with Gasteiger partial charge in [0.2, 0.25) is 0 Å². The van der Waals surface area contributed by atoms with Crippen LogP contribution >= 0.6 is 0 Å². The molecule has 0 saturated heterocycles. The maximum atomic E-state index is 2.26. The van der Waals surface area contributed by atoms with Gasteiger partial charge in [-0.25, -0.2) is 0 Å². The summed E-state index contributed by atoms with van der Waals surface area (Å²) in [4.78, 5) is 0. The van der Waals surface area contributed by atoms with Crippen molar-refractivity contribution in [3.05, 3.63) is 0 Å². The van der Waals surface area contributed by atoms with Crippen molar-refractivity contribution in [2.45, 2.75) is 0 Å². The van der Waals surface area contributed by atoms with Gasteiger partial charge in [-0.3, -0.25) is 0 Å². The molecule has 1 aliphatic rings. The van der Waals surface area contributed by atoms with Crippen molar-refractivity contribution < 1.29 is 0 Å². The van der Waals surface area contributed by atoms with Gasteiger partial charge in [0.25, 0.3) is 0 Å². The molecule has 1 rings (SSSR count). The molecule has 0 N–H and O–H groups in total. The Morgan fingerprint density at radius 2 is 1.60 bits per heavy atom. The van der Waals surface area contributed by atoms with Gasteiger partial charge in [-0.1, -0.05) is 0 Å². The molecule has 0 nitrogen and oxygen atoms in total. The molecule has 0 radical (unpaired) electrons. The Bertz CT molecular complexity index is 61.7. The summed E-state index contributed by atoms with van der Waals surface area (Å²) < 4.78 is 0. The zero-order valence-corrected chi connectivity index (χ0v) is 4.43. The summed E-state index contributed by atoms with van der Waals surface area (Å²) in [5.41, 5.74) is 0. The molecule has 0 aromatic carbocycles. The SMILES string of the molecule is B1=B[SiH2]B=B1. The first-order valence-electron chi connectivity index (χ1n) is 1.82. The average Bonchev–Trinajstić information content (AvgIpc) is 1.76. The Morgan fingerprint density at radius 1 is 1.00 bits per heavy atom. The van der Waals surface area contributed by atoms with Gasteiger partial charge in [-0.2, -0.15) is 0 Å². The normalized spacial score (nSPS) is 11.2. The van der Waals surface area contributed by atoms with E-state index in [9.17, 15) is 0 Å². The second kappa shape index (κ2) is 1.80. The molecule has 0 amide bonds. The summed E-state index contributed by atoms with van der Waals surface area (Å²) in [5.74, 6) is 0. The van der Waals surface area contributed by atoms with E-state index in [0.29, 0.717) is 0 Å². The molecule has 5 heavy (non-hydrogen) atoms. The van der Waals surface area contributed by atoms with E-state index in [2.05, 4.69) is 26.2 Å². The molecular weight excluding hydrogens is 71.3 g/mol. The monoisotopic (exact) mass is 74.0 g/mol. The minimum absolute atomic E-state index is 0.182. The van der Waals surface area contributed by atoms with Crippen molar-refractivity contribution in [2.75, 3.05) is 0 Å². The summed E-state index contributed by atoms with van der Waals surface area (Å²) in [5, 5.41) is 0. The molecule has 0 atom stereocenters. The van der Waals surface area contributed by atoms with Gasteiger partial charge in [0.15, 0.2) is 0 Å². The Labute approximate surface area is 36.2 Å². The topological polar surface area (TPSA) is 0 Å². The molecule has 1 aliphatic heterocycles. The molecule has 0 saturated carbocycles. The molecule has 0 unspecified atom stereocenters. The molecule has 5 heteroatoms. The van der Waals surface area contributed by atoms with Crippen LogP contribution in [0.2, 0.25) is 0 Å². The van der Waals surface area contributed by atoms with Crippen molar-refractivity contribution in [1.29, 1.82) is 0 Å². The molecule has 0 fully saturated rings. The standard InChI is InChI=1S/B4H2Si/c1-2-4-5-3-1/h5H2. The van der Waals surface area contributed by atoms with Crippen LogP contribution in [0.3, 0.4) is 0 Å².